The van der Waals surface area contributed by atoms with Crippen LogP contribution in [0.5, 0.6) is 5.75 Å². The number of nitrogens with one attached hydrogen (secondary N) is 1. The van der Waals surface area contributed by atoms with Gasteiger partial charge in [0.2, 0.25) is 0 Å². The second-order valence-electron chi connectivity index (χ2n) is 5.82. The number of benzene rings is 2. The van der Waals surface area contributed by atoms with Crippen molar-refractivity contribution in [2.24, 2.45) is 0 Å². The molecule has 0 radical (unpaired) electrons. The molecule has 0 atom stereocenters. The van der Waals surface area contributed by atoms with Crippen LogP contribution in [0.3, 0.4) is 0 Å². The van der Waals surface area contributed by atoms with E-state index in [4.69, 9.17) is 9.47 Å². The van der Waals surface area contributed by atoms with Crippen molar-refractivity contribution in [3.8, 4) is 5.75 Å². The van der Waals surface area contributed by atoms with Gasteiger partial charge in [0.05, 0.1) is 12.2 Å². The highest BCUT2D eigenvalue weighted by Gasteiger charge is 2.08. The Balaban J connectivity index is 1.87. The highest BCUT2D eigenvalue weighted by molar-refractivity contribution is 5.93. The molecule has 5 nitrogen and oxygen atoms in total. The lowest BCUT2D eigenvalue weighted by Crippen LogP contribution is -2.20. The molecule has 25 heavy (non-hydrogen) atoms. The van der Waals surface area contributed by atoms with E-state index in [0.717, 1.165) is 17.5 Å². The number of carbonyl (C=O) groups excluding carboxylic acids is 2. The zero-order valence-electron chi connectivity index (χ0n) is 14.8. The lowest BCUT2D eigenvalue weighted by Gasteiger charge is -2.10. The molecule has 1 N–H and O–H groups in total. The maximum absolute atomic E-state index is 12.0. The minimum atomic E-state index is -0.363. The normalized spacial score (nSPS) is 10.2. The second kappa shape index (κ2) is 8.87. The average Bonchev–Trinajstić information content (AvgIpc) is 2.59. The van der Waals surface area contributed by atoms with Crippen LogP contribution in [0.15, 0.2) is 42.5 Å². The Hall–Kier alpha value is -2.82. The van der Waals surface area contributed by atoms with E-state index < -0.39 is 0 Å². The summed E-state index contributed by atoms with van der Waals surface area (Å²) < 4.78 is 10.6. The molecule has 132 valence electrons. The highest BCUT2D eigenvalue weighted by Crippen LogP contribution is 2.18. The maximum atomic E-state index is 12.0. The number of aryl methyl sites for hydroxylation is 2. The van der Waals surface area contributed by atoms with Gasteiger partial charge in [0.25, 0.3) is 5.91 Å². The zero-order valence-corrected chi connectivity index (χ0v) is 14.8. The van der Waals surface area contributed by atoms with Crippen LogP contribution in [0.4, 0.5) is 5.69 Å². The molecule has 5 heteroatoms. The van der Waals surface area contributed by atoms with Gasteiger partial charge in [-0.1, -0.05) is 24.6 Å². The molecule has 2 rings (SSSR count). The molecule has 2 aromatic carbocycles. The third-order valence-corrected chi connectivity index (χ3v) is 3.53. The monoisotopic (exact) mass is 341 g/mol. The molecule has 0 aliphatic heterocycles. The van der Waals surface area contributed by atoms with E-state index in [2.05, 4.69) is 5.32 Å². The Morgan fingerprint density at radius 2 is 1.76 bits per heavy atom. The van der Waals surface area contributed by atoms with Gasteiger partial charge < -0.3 is 14.8 Å². The van der Waals surface area contributed by atoms with Gasteiger partial charge >= 0.3 is 5.97 Å². The third-order valence-electron chi connectivity index (χ3n) is 3.53. The van der Waals surface area contributed by atoms with Crippen molar-refractivity contribution in [1.82, 2.24) is 0 Å². The molecule has 0 unspecified atom stereocenters. The van der Waals surface area contributed by atoms with Gasteiger partial charge in [0.1, 0.15) is 5.75 Å². The van der Waals surface area contributed by atoms with Crippen LogP contribution in [0.2, 0.25) is 0 Å². The molecule has 0 saturated carbocycles. The summed E-state index contributed by atoms with van der Waals surface area (Å²) >= 11 is 0. The van der Waals surface area contributed by atoms with Crippen LogP contribution >= 0.6 is 0 Å². The van der Waals surface area contributed by atoms with E-state index in [9.17, 15) is 9.59 Å². The Morgan fingerprint density at radius 1 is 1.04 bits per heavy atom. The van der Waals surface area contributed by atoms with Gasteiger partial charge in [0, 0.05) is 5.69 Å². The number of anilines is 1. The third kappa shape index (κ3) is 5.64. The SMILES string of the molecule is CCCOC(=O)c1ccc(NC(=O)COc2ccc(C)cc2C)cc1. The standard InChI is InChI=1S/C20H23NO4/c1-4-11-24-20(23)16-6-8-17(9-7-16)21-19(22)13-25-18-10-5-14(2)12-15(18)3/h5-10,12H,4,11,13H2,1-3H3,(H,21,22). The number of rotatable bonds is 7. The number of hydrogen-bond donors (Lipinski definition) is 1. The topological polar surface area (TPSA) is 64.6 Å². The molecule has 0 aromatic heterocycles. The molecule has 0 aliphatic rings. The van der Waals surface area contributed by atoms with Crippen molar-refractivity contribution in [1.29, 1.82) is 0 Å². The number of ether oxygens (including phenoxy) is 2. The lowest BCUT2D eigenvalue weighted by atomic mass is 10.1. The summed E-state index contributed by atoms with van der Waals surface area (Å²) in [4.78, 5) is 23.7. The highest BCUT2D eigenvalue weighted by atomic mass is 16.5. The fourth-order valence-electron chi connectivity index (χ4n) is 2.27. The van der Waals surface area contributed by atoms with Gasteiger partial charge in [-0.2, -0.15) is 0 Å². The van der Waals surface area contributed by atoms with E-state index >= 15 is 0 Å². The minimum Gasteiger partial charge on any atom is -0.483 e. The number of esters is 1. The van der Waals surface area contributed by atoms with E-state index in [0.29, 0.717) is 23.6 Å². The first-order valence-corrected chi connectivity index (χ1v) is 8.26. The van der Waals surface area contributed by atoms with E-state index in [1.165, 1.54) is 0 Å². The van der Waals surface area contributed by atoms with Crippen molar-refractivity contribution in [3.63, 3.8) is 0 Å². The minimum absolute atomic E-state index is 0.0792. The van der Waals surface area contributed by atoms with Crippen LogP contribution in [0, 0.1) is 13.8 Å². The van der Waals surface area contributed by atoms with Gasteiger partial charge in [-0.05, 0) is 56.2 Å². The Kier molecular flexibility index (Phi) is 6.57. The Bertz CT molecular complexity index is 738. The smallest absolute Gasteiger partial charge is 0.338 e. The molecule has 0 fully saturated rings. The fourth-order valence-corrected chi connectivity index (χ4v) is 2.27. The van der Waals surface area contributed by atoms with Crippen LogP contribution in [-0.2, 0) is 9.53 Å². The maximum Gasteiger partial charge on any atom is 0.338 e. The van der Waals surface area contributed by atoms with Crippen molar-refractivity contribution < 1.29 is 19.1 Å². The van der Waals surface area contributed by atoms with Gasteiger partial charge in [-0.25, -0.2) is 4.79 Å². The first-order valence-electron chi connectivity index (χ1n) is 8.26. The quantitative estimate of drug-likeness (QED) is 0.776. The number of carbonyl (C=O) groups is 2. The van der Waals surface area contributed by atoms with Gasteiger partial charge in [-0.15, -0.1) is 0 Å². The summed E-state index contributed by atoms with van der Waals surface area (Å²) in [6, 6.07) is 12.4. The van der Waals surface area contributed by atoms with Gasteiger partial charge in [0.15, 0.2) is 6.61 Å². The zero-order chi connectivity index (χ0) is 18.2. The average molecular weight is 341 g/mol. The first-order chi connectivity index (χ1) is 12.0. The summed E-state index contributed by atoms with van der Waals surface area (Å²) in [6.45, 7) is 6.20. The molecular weight excluding hydrogens is 318 g/mol. The molecule has 0 spiro atoms. The molecule has 0 saturated heterocycles. The largest absolute Gasteiger partial charge is 0.483 e. The van der Waals surface area contributed by atoms with Crippen molar-refractivity contribution >= 4 is 17.6 Å². The van der Waals surface area contributed by atoms with Crippen LogP contribution in [0.25, 0.3) is 0 Å². The van der Waals surface area contributed by atoms with Crippen LogP contribution in [0.1, 0.15) is 34.8 Å². The fraction of sp³-hybridized carbons (Fsp3) is 0.300. The number of hydrogen-bond acceptors (Lipinski definition) is 4. The van der Waals surface area contributed by atoms with Crippen molar-refractivity contribution in [3.05, 3.63) is 59.2 Å². The summed E-state index contributed by atoms with van der Waals surface area (Å²) in [7, 11) is 0. The molecule has 0 aliphatic carbocycles. The summed E-state index contributed by atoms with van der Waals surface area (Å²) in [5.41, 5.74) is 3.19. The summed E-state index contributed by atoms with van der Waals surface area (Å²) in [5.74, 6) is 0.0639. The summed E-state index contributed by atoms with van der Waals surface area (Å²) in [5, 5.41) is 2.74. The van der Waals surface area contributed by atoms with Crippen molar-refractivity contribution in [2.45, 2.75) is 27.2 Å². The lowest BCUT2D eigenvalue weighted by molar-refractivity contribution is -0.118. The van der Waals surface area contributed by atoms with Crippen LogP contribution < -0.4 is 10.1 Å². The van der Waals surface area contributed by atoms with E-state index in [1.54, 1.807) is 24.3 Å². The molecule has 0 heterocycles. The molecule has 2 aromatic rings. The predicted octanol–water partition coefficient (Wildman–Crippen LogP) is 3.89. The van der Waals surface area contributed by atoms with Crippen LogP contribution in [-0.4, -0.2) is 25.1 Å². The van der Waals surface area contributed by atoms with E-state index in [-0.39, 0.29) is 18.5 Å². The Labute approximate surface area is 148 Å². The Morgan fingerprint density at radius 3 is 2.40 bits per heavy atom. The van der Waals surface area contributed by atoms with Gasteiger partial charge in [-0.3, -0.25) is 4.79 Å². The van der Waals surface area contributed by atoms with E-state index in [1.807, 2.05) is 39.0 Å². The first kappa shape index (κ1) is 18.5. The van der Waals surface area contributed by atoms with Crippen molar-refractivity contribution in [2.75, 3.05) is 18.5 Å². The molecule has 0 bridgehead atoms. The predicted molar refractivity (Wildman–Crippen MR) is 97.1 cm³/mol. The second-order valence-corrected chi connectivity index (χ2v) is 5.82. The molecule has 1 amide bonds. The molecular formula is C20H23NO4. The number of amides is 1. The summed E-state index contributed by atoms with van der Waals surface area (Å²) in [6.07, 6.45) is 0.778.